The second kappa shape index (κ2) is 9.26. The molecule has 144 valence electrons. The maximum atomic E-state index is 14.0. The van der Waals surface area contributed by atoms with Crippen molar-refractivity contribution in [1.29, 1.82) is 0 Å². The Labute approximate surface area is 176 Å². The van der Waals surface area contributed by atoms with Crippen LogP contribution in [0, 0.1) is 12.7 Å². The van der Waals surface area contributed by atoms with Crippen molar-refractivity contribution in [2.24, 2.45) is 0 Å². The summed E-state index contributed by atoms with van der Waals surface area (Å²) in [6.07, 6.45) is 0. The Kier molecular flexibility index (Phi) is 6.75. The molecular formula is C22H19BrFNO2S. The van der Waals surface area contributed by atoms with Gasteiger partial charge in [-0.1, -0.05) is 33.6 Å². The van der Waals surface area contributed by atoms with Gasteiger partial charge >= 0.3 is 0 Å². The van der Waals surface area contributed by atoms with Crippen LogP contribution in [0.3, 0.4) is 0 Å². The first kappa shape index (κ1) is 20.4. The smallest absolute Gasteiger partial charge is 0.255 e. The molecule has 0 aromatic heterocycles. The molecule has 6 heteroatoms. The normalized spacial score (nSPS) is 10.6. The van der Waals surface area contributed by atoms with Gasteiger partial charge in [-0.05, 0) is 55.5 Å². The molecule has 3 nitrogen and oxygen atoms in total. The van der Waals surface area contributed by atoms with Crippen LogP contribution >= 0.6 is 27.7 Å². The number of nitrogens with one attached hydrogen (secondary N) is 1. The van der Waals surface area contributed by atoms with Crippen LogP contribution in [-0.2, 0) is 5.75 Å². The molecule has 0 bridgehead atoms. The fraction of sp³-hybridized carbons (Fsp3) is 0.136. The summed E-state index contributed by atoms with van der Waals surface area (Å²) in [4.78, 5) is 13.7. The average molecular weight is 460 g/mol. The Hall–Kier alpha value is -2.31. The second-order valence-corrected chi connectivity index (χ2v) is 8.17. The van der Waals surface area contributed by atoms with E-state index >= 15 is 0 Å². The number of benzene rings is 3. The molecule has 0 saturated heterocycles. The summed E-state index contributed by atoms with van der Waals surface area (Å²) >= 11 is 4.87. The summed E-state index contributed by atoms with van der Waals surface area (Å²) in [5.74, 6) is 0.503. The fourth-order valence-corrected chi connectivity index (χ4v) is 3.82. The van der Waals surface area contributed by atoms with E-state index in [0.29, 0.717) is 21.5 Å². The number of carbonyl (C=O) groups is 1. The van der Waals surface area contributed by atoms with Gasteiger partial charge in [-0.2, -0.15) is 0 Å². The number of anilines is 1. The summed E-state index contributed by atoms with van der Waals surface area (Å²) in [5, 5.41) is 2.62. The minimum absolute atomic E-state index is 0.139. The van der Waals surface area contributed by atoms with Crippen LogP contribution in [0.5, 0.6) is 5.75 Å². The lowest BCUT2D eigenvalue weighted by molar-refractivity contribution is 0.102. The summed E-state index contributed by atoms with van der Waals surface area (Å²) in [6, 6.07) is 18.0. The van der Waals surface area contributed by atoms with E-state index in [-0.39, 0.29) is 11.6 Å². The lowest BCUT2D eigenvalue weighted by atomic mass is 10.1. The SMILES string of the molecule is COc1ccc(C(=O)Nc2ccc(Br)cc2F)cc1CSc1ccc(C)cc1. The Morgan fingerprint density at radius 3 is 2.54 bits per heavy atom. The highest BCUT2D eigenvalue weighted by molar-refractivity contribution is 9.10. The van der Waals surface area contributed by atoms with E-state index in [0.717, 1.165) is 10.5 Å². The van der Waals surface area contributed by atoms with Crippen molar-refractivity contribution in [3.05, 3.63) is 87.6 Å². The predicted octanol–water partition coefficient (Wildman–Crippen LogP) is 6.45. The predicted molar refractivity (Wildman–Crippen MR) is 116 cm³/mol. The van der Waals surface area contributed by atoms with Gasteiger partial charge in [0.25, 0.3) is 5.91 Å². The van der Waals surface area contributed by atoms with Crippen LogP contribution in [0.2, 0.25) is 0 Å². The molecular weight excluding hydrogens is 441 g/mol. The Bertz CT molecular complexity index is 992. The summed E-state index contributed by atoms with van der Waals surface area (Å²) in [7, 11) is 1.60. The molecule has 0 heterocycles. The highest BCUT2D eigenvalue weighted by atomic mass is 79.9. The molecule has 0 saturated carbocycles. The first-order chi connectivity index (χ1) is 13.5. The largest absolute Gasteiger partial charge is 0.496 e. The van der Waals surface area contributed by atoms with Crippen molar-refractivity contribution in [2.45, 2.75) is 17.6 Å². The molecule has 0 fully saturated rings. The first-order valence-corrected chi connectivity index (χ1v) is 10.4. The van der Waals surface area contributed by atoms with E-state index in [1.165, 1.54) is 17.7 Å². The number of hydrogen-bond donors (Lipinski definition) is 1. The third-order valence-corrected chi connectivity index (χ3v) is 5.69. The van der Waals surface area contributed by atoms with Gasteiger partial charge in [0.15, 0.2) is 0 Å². The number of methoxy groups -OCH3 is 1. The molecule has 0 spiro atoms. The number of halogens is 2. The fourth-order valence-electron chi connectivity index (χ4n) is 2.61. The number of ether oxygens (including phenoxy) is 1. The molecule has 3 aromatic carbocycles. The molecule has 0 atom stereocenters. The van der Waals surface area contributed by atoms with Crippen molar-refractivity contribution in [2.75, 3.05) is 12.4 Å². The van der Waals surface area contributed by atoms with Crippen molar-refractivity contribution >= 4 is 39.3 Å². The molecule has 28 heavy (non-hydrogen) atoms. The van der Waals surface area contributed by atoms with E-state index in [4.69, 9.17) is 4.74 Å². The van der Waals surface area contributed by atoms with E-state index in [2.05, 4.69) is 45.5 Å². The summed E-state index contributed by atoms with van der Waals surface area (Å²) in [5.41, 5.74) is 2.69. The van der Waals surface area contributed by atoms with Crippen LogP contribution in [0.15, 0.2) is 70.0 Å². The van der Waals surface area contributed by atoms with Gasteiger partial charge in [-0.3, -0.25) is 4.79 Å². The lowest BCUT2D eigenvalue weighted by Crippen LogP contribution is -2.13. The number of rotatable bonds is 6. The van der Waals surface area contributed by atoms with E-state index in [1.54, 1.807) is 43.1 Å². The molecule has 3 aromatic rings. The number of carbonyl (C=O) groups excluding carboxylic acids is 1. The van der Waals surface area contributed by atoms with Crippen molar-refractivity contribution in [1.82, 2.24) is 0 Å². The van der Waals surface area contributed by atoms with Crippen LogP contribution in [0.1, 0.15) is 21.5 Å². The first-order valence-electron chi connectivity index (χ1n) is 8.59. The summed E-state index contributed by atoms with van der Waals surface area (Å²) in [6.45, 7) is 2.05. The molecule has 1 N–H and O–H groups in total. The van der Waals surface area contributed by atoms with Gasteiger partial charge in [0.1, 0.15) is 11.6 Å². The molecule has 0 aliphatic rings. The van der Waals surface area contributed by atoms with E-state index in [9.17, 15) is 9.18 Å². The maximum absolute atomic E-state index is 14.0. The lowest BCUT2D eigenvalue weighted by Gasteiger charge is -2.12. The average Bonchev–Trinajstić information content (AvgIpc) is 2.69. The van der Waals surface area contributed by atoms with Gasteiger partial charge in [-0.15, -0.1) is 11.8 Å². The monoisotopic (exact) mass is 459 g/mol. The van der Waals surface area contributed by atoms with Gasteiger partial charge in [0.2, 0.25) is 0 Å². The third-order valence-electron chi connectivity index (χ3n) is 4.14. The zero-order valence-corrected chi connectivity index (χ0v) is 17.9. The minimum atomic E-state index is -0.494. The van der Waals surface area contributed by atoms with Gasteiger partial charge < -0.3 is 10.1 Å². The molecule has 0 radical (unpaired) electrons. The quantitative estimate of drug-likeness (QED) is 0.430. The molecule has 0 unspecified atom stereocenters. The zero-order valence-electron chi connectivity index (χ0n) is 15.5. The standard InChI is InChI=1S/C22H19BrFNO2S/c1-14-3-7-18(8-4-14)28-13-16-11-15(5-10-21(16)27-2)22(26)25-20-9-6-17(23)12-19(20)24/h3-12H,13H2,1-2H3,(H,25,26). The van der Waals surface area contributed by atoms with Crippen molar-refractivity contribution < 1.29 is 13.9 Å². The van der Waals surface area contributed by atoms with Crippen LogP contribution in [0.4, 0.5) is 10.1 Å². The highest BCUT2D eigenvalue weighted by Crippen LogP contribution is 2.29. The molecule has 0 aliphatic heterocycles. The van der Waals surface area contributed by atoms with Crippen LogP contribution < -0.4 is 10.1 Å². The Morgan fingerprint density at radius 2 is 1.86 bits per heavy atom. The molecule has 3 rings (SSSR count). The van der Waals surface area contributed by atoms with Gasteiger partial charge in [-0.25, -0.2) is 4.39 Å². The maximum Gasteiger partial charge on any atom is 0.255 e. The second-order valence-electron chi connectivity index (χ2n) is 6.21. The third kappa shape index (κ3) is 5.14. The molecule has 0 aliphatic carbocycles. The number of hydrogen-bond acceptors (Lipinski definition) is 3. The van der Waals surface area contributed by atoms with Crippen molar-refractivity contribution in [3.63, 3.8) is 0 Å². The number of thioether (sulfide) groups is 1. The van der Waals surface area contributed by atoms with Gasteiger partial charge in [0, 0.05) is 26.2 Å². The highest BCUT2D eigenvalue weighted by Gasteiger charge is 2.13. The van der Waals surface area contributed by atoms with E-state index < -0.39 is 5.82 Å². The Balaban J connectivity index is 1.77. The van der Waals surface area contributed by atoms with Crippen LogP contribution in [0.25, 0.3) is 0 Å². The zero-order chi connectivity index (χ0) is 20.1. The van der Waals surface area contributed by atoms with E-state index in [1.807, 2.05) is 6.92 Å². The summed E-state index contributed by atoms with van der Waals surface area (Å²) < 4.78 is 20.0. The topological polar surface area (TPSA) is 38.3 Å². The number of aryl methyl sites for hydroxylation is 1. The minimum Gasteiger partial charge on any atom is -0.496 e. The molecule has 1 amide bonds. The van der Waals surface area contributed by atoms with Gasteiger partial charge in [0.05, 0.1) is 12.8 Å². The Morgan fingerprint density at radius 1 is 1.11 bits per heavy atom. The van der Waals surface area contributed by atoms with Crippen molar-refractivity contribution in [3.8, 4) is 5.75 Å². The van der Waals surface area contributed by atoms with Crippen LogP contribution in [-0.4, -0.2) is 13.0 Å². The number of amides is 1.